The van der Waals surface area contributed by atoms with Crippen molar-refractivity contribution in [1.29, 1.82) is 0 Å². The second-order valence-electron chi connectivity index (χ2n) is 5.65. The second kappa shape index (κ2) is 8.06. The maximum atomic E-state index is 12.5. The molecule has 1 amide bonds. The molecular weight excluding hydrogens is 312 g/mol. The van der Waals surface area contributed by atoms with Crippen LogP contribution in [0.4, 0.5) is 11.5 Å². The zero-order chi connectivity index (χ0) is 17.5. The smallest absolute Gasteiger partial charge is 0.278 e. The van der Waals surface area contributed by atoms with Gasteiger partial charge in [-0.25, -0.2) is 9.97 Å². The van der Waals surface area contributed by atoms with Gasteiger partial charge in [-0.2, -0.15) is 0 Å². The molecule has 25 heavy (non-hydrogen) atoms. The van der Waals surface area contributed by atoms with Crippen LogP contribution in [0, 0.1) is 0 Å². The number of carbonyl (C=O) groups is 1. The number of nitrogens with one attached hydrogen (secondary N) is 1. The number of aromatic nitrogens is 2. The van der Waals surface area contributed by atoms with Crippen molar-refractivity contribution in [3.8, 4) is 0 Å². The average molecular weight is 332 g/mol. The van der Waals surface area contributed by atoms with Crippen molar-refractivity contribution >= 4 is 17.4 Å². The summed E-state index contributed by atoms with van der Waals surface area (Å²) < 4.78 is 0. The maximum Gasteiger partial charge on any atom is 0.278 e. The second-order valence-corrected chi connectivity index (χ2v) is 5.65. The van der Waals surface area contributed by atoms with Crippen LogP contribution in [0.15, 0.2) is 73.1 Å². The first-order valence-corrected chi connectivity index (χ1v) is 8.17. The van der Waals surface area contributed by atoms with E-state index >= 15 is 0 Å². The monoisotopic (exact) mass is 332 g/mol. The van der Waals surface area contributed by atoms with E-state index in [4.69, 9.17) is 0 Å². The zero-order valence-electron chi connectivity index (χ0n) is 14.1. The number of benzene rings is 2. The number of rotatable bonds is 6. The molecule has 0 unspecified atom stereocenters. The Hall–Kier alpha value is -3.21. The molecule has 3 rings (SSSR count). The van der Waals surface area contributed by atoms with E-state index in [9.17, 15) is 4.79 Å². The minimum Gasteiger partial charge on any atom is -0.368 e. The molecule has 0 spiro atoms. The summed E-state index contributed by atoms with van der Waals surface area (Å²) in [5.41, 5.74) is 2.40. The standard InChI is InChI=1S/C20H20N4O/c1-24(17-10-6-3-7-11-17)20(25)18-14-23-19(15-22-18)21-13-12-16-8-4-2-5-9-16/h2-11,14-15H,12-13H2,1H3,(H,21,23). The minimum atomic E-state index is -0.186. The number of hydrogen-bond donors (Lipinski definition) is 1. The molecule has 0 saturated heterocycles. The SMILES string of the molecule is CN(C(=O)c1cnc(NCCc2ccccc2)cn1)c1ccccc1. The fourth-order valence-electron chi connectivity index (χ4n) is 2.45. The summed E-state index contributed by atoms with van der Waals surface area (Å²) >= 11 is 0. The van der Waals surface area contributed by atoms with Gasteiger partial charge in [0.2, 0.25) is 0 Å². The van der Waals surface area contributed by atoms with Gasteiger partial charge in [-0.3, -0.25) is 4.79 Å². The van der Waals surface area contributed by atoms with Gasteiger partial charge in [0, 0.05) is 19.3 Å². The molecule has 0 fully saturated rings. The van der Waals surface area contributed by atoms with Gasteiger partial charge in [-0.05, 0) is 24.1 Å². The van der Waals surface area contributed by atoms with Crippen LogP contribution in [-0.4, -0.2) is 29.5 Å². The highest BCUT2D eigenvalue weighted by molar-refractivity contribution is 6.04. The number of para-hydroxylation sites is 1. The molecule has 0 atom stereocenters. The molecule has 0 aliphatic carbocycles. The van der Waals surface area contributed by atoms with Crippen molar-refractivity contribution in [2.45, 2.75) is 6.42 Å². The lowest BCUT2D eigenvalue weighted by Gasteiger charge is -2.16. The molecule has 5 heteroatoms. The third-order valence-electron chi connectivity index (χ3n) is 3.88. The fourth-order valence-corrected chi connectivity index (χ4v) is 2.45. The lowest BCUT2D eigenvalue weighted by atomic mass is 10.1. The summed E-state index contributed by atoms with van der Waals surface area (Å²) in [5, 5.41) is 3.22. The first-order chi connectivity index (χ1) is 12.2. The molecule has 3 aromatic rings. The van der Waals surface area contributed by atoms with Gasteiger partial charge in [0.15, 0.2) is 0 Å². The highest BCUT2D eigenvalue weighted by Gasteiger charge is 2.15. The van der Waals surface area contributed by atoms with Crippen molar-refractivity contribution in [1.82, 2.24) is 9.97 Å². The number of anilines is 2. The molecule has 5 nitrogen and oxygen atoms in total. The van der Waals surface area contributed by atoms with Gasteiger partial charge in [-0.15, -0.1) is 0 Å². The van der Waals surface area contributed by atoms with Gasteiger partial charge in [0.25, 0.3) is 5.91 Å². The van der Waals surface area contributed by atoms with E-state index in [0.717, 1.165) is 18.7 Å². The molecule has 1 heterocycles. The Labute approximate surface area is 147 Å². The third-order valence-corrected chi connectivity index (χ3v) is 3.88. The van der Waals surface area contributed by atoms with E-state index in [1.165, 1.54) is 11.8 Å². The Morgan fingerprint density at radius 1 is 0.960 bits per heavy atom. The van der Waals surface area contributed by atoms with Crippen LogP contribution in [0.25, 0.3) is 0 Å². The molecule has 0 saturated carbocycles. The van der Waals surface area contributed by atoms with Crippen molar-refractivity contribution in [2.24, 2.45) is 0 Å². The van der Waals surface area contributed by atoms with Crippen molar-refractivity contribution < 1.29 is 4.79 Å². The molecule has 1 N–H and O–H groups in total. The Bertz CT molecular complexity index is 804. The lowest BCUT2D eigenvalue weighted by molar-refractivity contribution is 0.0988. The summed E-state index contributed by atoms with van der Waals surface area (Å²) in [7, 11) is 1.73. The normalized spacial score (nSPS) is 10.3. The van der Waals surface area contributed by atoms with Crippen LogP contribution in [0.1, 0.15) is 16.1 Å². The molecule has 0 radical (unpaired) electrons. The van der Waals surface area contributed by atoms with Gasteiger partial charge in [0.05, 0.1) is 12.4 Å². The summed E-state index contributed by atoms with van der Waals surface area (Å²) in [5.74, 6) is 0.476. The Morgan fingerprint density at radius 2 is 1.64 bits per heavy atom. The summed E-state index contributed by atoms with van der Waals surface area (Å²) in [4.78, 5) is 22.5. The highest BCUT2D eigenvalue weighted by atomic mass is 16.2. The van der Waals surface area contributed by atoms with E-state index in [1.54, 1.807) is 18.1 Å². The fraction of sp³-hybridized carbons (Fsp3) is 0.150. The highest BCUT2D eigenvalue weighted by Crippen LogP contribution is 2.14. The minimum absolute atomic E-state index is 0.186. The van der Waals surface area contributed by atoms with Gasteiger partial charge < -0.3 is 10.2 Å². The topological polar surface area (TPSA) is 58.1 Å². The zero-order valence-corrected chi connectivity index (χ0v) is 14.1. The van der Waals surface area contributed by atoms with Crippen molar-refractivity contribution in [3.63, 3.8) is 0 Å². The molecular formula is C20H20N4O. The number of amides is 1. The van der Waals surface area contributed by atoms with Crippen LogP contribution in [-0.2, 0) is 6.42 Å². The van der Waals surface area contributed by atoms with Crippen LogP contribution in [0.5, 0.6) is 0 Å². The van der Waals surface area contributed by atoms with Gasteiger partial charge in [-0.1, -0.05) is 48.5 Å². The number of nitrogens with zero attached hydrogens (tertiary/aromatic N) is 3. The van der Waals surface area contributed by atoms with E-state index in [1.807, 2.05) is 48.5 Å². The molecule has 2 aromatic carbocycles. The lowest BCUT2D eigenvalue weighted by Crippen LogP contribution is -2.27. The van der Waals surface area contributed by atoms with E-state index in [0.29, 0.717) is 11.5 Å². The molecule has 0 aliphatic heterocycles. The summed E-state index contributed by atoms with van der Waals surface area (Å²) in [6.07, 6.45) is 4.00. The third kappa shape index (κ3) is 4.41. The molecule has 1 aromatic heterocycles. The molecule has 0 bridgehead atoms. The first-order valence-electron chi connectivity index (χ1n) is 8.17. The summed E-state index contributed by atoms with van der Waals surface area (Å²) in [6.45, 7) is 0.760. The van der Waals surface area contributed by atoms with E-state index in [-0.39, 0.29) is 5.91 Å². The van der Waals surface area contributed by atoms with E-state index in [2.05, 4.69) is 27.4 Å². The van der Waals surface area contributed by atoms with Gasteiger partial charge >= 0.3 is 0 Å². The Balaban J connectivity index is 1.57. The quantitative estimate of drug-likeness (QED) is 0.751. The largest absolute Gasteiger partial charge is 0.368 e. The number of hydrogen-bond acceptors (Lipinski definition) is 4. The maximum absolute atomic E-state index is 12.5. The van der Waals surface area contributed by atoms with E-state index < -0.39 is 0 Å². The van der Waals surface area contributed by atoms with Crippen LogP contribution in [0.2, 0.25) is 0 Å². The average Bonchev–Trinajstić information content (AvgIpc) is 2.69. The number of carbonyl (C=O) groups excluding carboxylic acids is 1. The Kier molecular flexibility index (Phi) is 5.36. The van der Waals surface area contributed by atoms with Crippen LogP contribution in [0.3, 0.4) is 0 Å². The predicted molar refractivity (Wildman–Crippen MR) is 99.8 cm³/mol. The van der Waals surface area contributed by atoms with Crippen molar-refractivity contribution in [2.75, 3.05) is 23.8 Å². The van der Waals surface area contributed by atoms with Crippen LogP contribution < -0.4 is 10.2 Å². The molecule has 126 valence electrons. The Morgan fingerprint density at radius 3 is 2.28 bits per heavy atom. The van der Waals surface area contributed by atoms with Crippen molar-refractivity contribution in [3.05, 3.63) is 84.3 Å². The van der Waals surface area contributed by atoms with Crippen LogP contribution >= 0.6 is 0 Å². The predicted octanol–water partition coefficient (Wildman–Crippen LogP) is 3.41. The summed E-state index contributed by atoms with van der Waals surface area (Å²) in [6, 6.07) is 19.7. The first kappa shape index (κ1) is 16.6. The van der Waals surface area contributed by atoms with Gasteiger partial charge in [0.1, 0.15) is 11.5 Å². The molecule has 0 aliphatic rings.